The zero-order chi connectivity index (χ0) is 15.9. The zero-order valence-electron chi connectivity index (χ0n) is 14.5. The molecule has 0 bridgehead atoms. The summed E-state index contributed by atoms with van der Waals surface area (Å²) < 4.78 is 0. The van der Waals surface area contributed by atoms with E-state index in [-0.39, 0.29) is 24.8 Å². The van der Waals surface area contributed by atoms with Gasteiger partial charge in [0.05, 0.1) is 5.69 Å². The summed E-state index contributed by atoms with van der Waals surface area (Å²) in [4.78, 5) is 15.2. The number of nitrogens with two attached hydrogens (primary N) is 1. The van der Waals surface area contributed by atoms with E-state index in [4.69, 9.17) is 5.73 Å². The molecule has 1 atom stereocenters. The Kier molecular flexibility index (Phi) is 10.6. The van der Waals surface area contributed by atoms with Gasteiger partial charge in [0.15, 0.2) is 5.65 Å². The van der Waals surface area contributed by atoms with Gasteiger partial charge < -0.3 is 16.0 Å². The topological polar surface area (TPSA) is 80.0 Å². The van der Waals surface area contributed by atoms with Gasteiger partial charge in [-0.05, 0) is 39.4 Å². The SMILES string of the molecule is CCN(CC)CCCC(C)Nc1cc(N)nc2nccnc12.Cl.Cl. The molecule has 0 radical (unpaired) electrons. The lowest BCUT2D eigenvalue weighted by Gasteiger charge is -2.20. The van der Waals surface area contributed by atoms with Crippen molar-refractivity contribution in [2.75, 3.05) is 30.7 Å². The van der Waals surface area contributed by atoms with Crippen LogP contribution in [0.5, 0.6) is 0 Å². The number of hydrogen-bond acceptors (Lipinski definition) is 6. The van der Waals surface area contributed by atoms with Gasteiger partial charge in [-0.1, -0.05) is 13.8 Å². The highest BCUT2D eigenvalue weighted by molar-refractivity contribution is 5.86. The van der Waals surface area contributed by atoms with Gasteiger partial charge in [0.2, 0.25) is 0 Å². The number of aromatic nitrogens is 3. The first-order valence-electron chi connectivity index (χ1n) is 8.00. The number of nitrogens with zero attached hydrogens (tertiary/aromatic N) is 4. The summed E-state index contributed by atoms with van der Waals surface area (Å²) in [6.07, 6.45) is 5.57. The number of nitrogens with one attached hydrogen (secondary N) is 1. The minimum absolute atomic E-state index is 0. The van der Waals surface area contributed by atoms with Crippen molar-refractivity contribution >= 4 is 47.5 Å². The summed E-state index contributed by atoms with van der Waals surface area (Å²) in [5.74, 6) is 0.464. The van der Waals surface area contributed by atoms with Gasteiger partial charge >= 0.3 is 0 Å². The molecule has 8 heteroatoms. The van der Waals surface area contributed by atoms with Crippen molar-refractivity contribution in [3.05, 3.63) is 18.5 Å². The third-order valence-corrected chi connectivity index (χ3v) is 3.87. The van der Waals surface area contributed by atoms with Crippen LogP contribution in [0.25, 0.3) is 11.2 Å². The van der Waals surface area contributed by atoms with E-state index in [1.807, 2.05) is 6.07 Å². The molecule has 6 nitrogen and oxygen atoms in total. The van der Waals surface area contributed by atoms with Crippen LogP contribution in [-0.2, 0) is 0 Å². The molecule has 0 fully saturated rings. The largest absolute Gasteiger partial charge is 0.384 e. The number of anilines is 2. The molecule has 2 heterocycles. The lowest BCUT2D eigenvalue weighted by molar-refractivity contribution is 0.295. The van der Waals surface area contributed by atoms with E-state index in [1.165, 1.54) is 6.42 Å². The van der Waals surface area contributed by atoms with Crippen molar-refractivity contribution < 1.29 is 0 Å². The average Bonchev–Trinajstić information content (AvgIpc) is 2.51. The molecule has 0 aliphatic carbocycles. The quantitative estimate of drug-likeness (QED) is 0.736. The van der Waals surface area contributed by atoms with Crippen LogP contribution in [0, 0.1) is 0 Å². The van der Waals surface area contributed by atoms with Crippen molar-refractivity contribution in [2.24, 2.45) is 0 Å². The summed E-state index contributed by atoms with van der Waals surface area (Å²) in [7, 11) is 0. The Morgan fingerprint density at radius 3 is 2.50 bits per heavy atom. The van der Waals surface area contributed by atoms with Crippen LogP contribution in [0.15, 0.2) is 18.5 Å². The van der Waals surface area contributed by atoms with E-state index in [0.717, 1.165) is 37.3 Å². The molecule has 0 aliphatic heterocycles. The van der Waals surface area contributed by atoms with Gasteiger partial charge in [-0.3, -0.25) is 0 Å². The Morgan fingerprint density at radius 1 is 1.17 bits per heavy atom. The average molecular weight is 375 g/mol. The fourth-order valence-electron chi connectivity index (χ4n) is 2.58. The number of hydrogen-bond donors (Lipinski definition) is 2. The maximum Gasteiger partial charge on any atom is 0.182 e. The van der Waals surface area contributed by atoms with Gasteiger partial charge in [0.25, 0.3) is 0 Å². The smallest absolute Gasteiger partial charge is 0.182 e. The Hall–Kier alpha value is -1.37. The summed E-state index contributed by atoms with van der Waals surface area (Å²) in [6.45, 7) is 9.95. The molecule has 1 unspecified atom stereocenters. The van der Waals surface area contributed by atoms with Crippen molar-refractivity contribution in [1.82, 2.24) is 19.9 Å². The Morgan fingerprint density at radius 2 is 1.83 bits per heavy atom. The summed E-state index contributed by atoms with van der Waals surface area (Å²) >= 11 is 0. The van der Waals surface area contributed by atoms with Gasteiger partial charge in [-0.2, -0.15) is 0 Å². The minimum atomic E-state index is 0. The summed E-state index contributed by atoms with van der Waals surface area (Å²) in [6, 6.07) is 2.18. The van der Waals surface area contributed by atoms with E-state index < -0.39 is 0 Å². The normalized spacial score (nSPS) is 11.7. The minimum Gasteiger partial charge on any atom is -0.384 e. The maximum absolute atomic E-state index is 5.85. The second-order valence-corrected chi connectivity index (χ2v) is 5.54. The van der Waals surface area contributed by atoms with Gasteiger partial charge in [-0.15, -0.1) is 24.8 Å². The fourth-order valence-corrected chi connectivity index (χ4v) is 2.58. The number of halogens is 2. The second kappa shape index (κ2) is 11.2. The Labute approximate surface area is 156 Å². The van der Waals surface area contributed by atoms with Gasteiger partial charge in [0.1, 0.15) is 11.3 Å². The van der Waals surface area contributed by atoms with E-state index in [1.54, 1.807) is 12.4 Å². The molecule has 2 aromatic rings. The number of nitrogen functional groups attached to an aromatic ring is 1. The van der Waals surface area contributed by atoms with Crippen LogP contribution in [0.2, 0.25) is 0 Å². The van der Waals surface area contributed by atoms with Gasteiger partial charge in [0, 0.05) is 24.5 Å². The first kappa shape index (κ1) is 22.6. The molecule has 136 valence electrons. The second-order valence-electron chi connectivity index (χ2n) is 5.54. The molecular weight excluding hydrogens is 347 g/mol. The first-order chi connectivity index (χ1) is 10.6. The van der Waals surface area contributed by atoms with Crippen LogP contribution < -0.4 is 11.1 Å². The van der Waals surface area contributed by atoms with E-state index in [9.17, 15) is 0 Å². The molecule has 0 aromatic carbocycles. The molecular formula is C16H28Cl2N6. The monoisotopic (exact) mass is 374 g/mol. The summed E-state index contributed by atoms with van der Waals surface area (Å²) in [5.41, 5.74) is 8.11. The number of fused-ring (bicyclic) bond motifs is 1. The number of pyridine rings is 1. The van der Waals surface area contributed by atoms with Crippen LogP contribution in [0.1, 0.15) is 33.6 Å². The van der Waals surface area contributed by atoms with Crippen LogP contribution in [-0.4, -0.2) is 45.5 Å². The van der Waals surface area contributed by atoms with Crippen molar-refractivity contribution in [3.63, 3.8) is 0 Å². The molecule has 0 saturated carbocycles. The van der Waals surface area contributed by atoms with Crippen LogP contribution in [0.3, 0.4) is 0 Å². The van der Waals surface area contributed by atoms with Crippen LogP contribution >= 0.6 is 24.8 Å². The lowest BCUT2D eigenvalue weighted by atomic mass is 10.1. The van der Waals surface area contributed by atoms with E-state index in [0.29, 0.717) is 17.5 Å². The first-order valence-corrected chi connectivity index (χ1v) is 8.00. The zero-order valence-corrected chi connectivity index (χ0v) is 16.2. The molecule has 0 spiro atoms. The van der Waals surface area contributed by atoms with Crippen molar-refractivity contribution in [1.29, 1.82) is 0 Å². The van der Waals surface area contributed by atoms with Crippen molar-refractivity contribution in [2.45, 2.75) is 39.7 Å². The molecule has 0 saturated heterocycles. The lowest BCUT2D eigenvalue weighted by Crippen LogP contribution is -2.25. The Balaban J connectivity index is 0.00000264. The maximum atomic E-state index is 5.85. The summed E-state index contributed by atoms with van der Waals surface area (Å²) in [5, 5.41) is 3.49. The van der Waals surface area contributed by atoms with Gasteiger partial charge in [-0.25, -0.2) is 15.0 Å². The molecule has 24 heavy (non-hydrogen) atoms. The highest BCUT2D eigenvalue weighted by Gasteiger charge is 2.10. The third-order valence-electron chi connectivity index (χ3n) is 3.87. The number of rotatable bonds is 8. The molecule has 2 rings (SSSR count). The standard InChI is InChI=1S/C16H26N6.2ClH/c1-4-22(5-2)10-6-7-12(3)20-13-11-14(17)21-16-15(13)18-8-9-19-16;;/h8-9,11-12H,4-7,10H2,1-3H3,(H3,17,19,20,21);2*1H. The molecule has 3 N–H and O–H groups in total. The predicted octanol–water partition coefficient (Wildman–Crippen LogP) is 3.37. The van der Waals surface area contributed by atoms with Crippen molar-refractivity contribution in [3.8, 4) is 0 Å². The van der Waals surface area contributed by atoms with Crippen LogP contribution in [0.4, 0.5) is 11.5 Å². The molecule has 0 amide bonds. The Bertz CT molecular complexity index is 606. The third kappa shape index (κ3) is 6.26. The highest BCUT2D eigenvalue weighted by atomic mass is 35.5. The molecule has 0 aliphatic rings. The van der Waals surface area contributed by atoms with E-state index >= 15 is 0 Å². The highest BCUT2D eigenvalue weighted by Crippen LogP contribution is 2.22. The predicted molar refractivity (Wildman–Crippen MR) is 106 cm³/mol. The van der Waals surface area contributed by atoms with E-state index in [2.05, 4.69) is 45.9 Å². The molecule has 2 aromatic heterocycles. The fraction of sp³-hybridized carbons (Fsp3) is 0.562.